The lowest BCUT2D eigenvalue weighted by molar-refractivity contribution is -0.115. The molecule has 0 unspecified atom stereocenters. The normalized spacial score (nSPS) is 9.56. The average molecular weight is 196 g/mol. The maximum atomic E-state index is 10.5. The van der Waals surface area contributed by atoms with Crippen LogP contribution in [-0.4, -0.2) is 35.9 Å². The van der Waals surface area contributed by atoms with Gasteiger partial charge in [0.1, 0.15) is 0 Å². The Morgan fingerprint density at radius 3 is 2.78 bits per heavy atom. The molecule has 0 bridgehead atoms. The van der Waals surface area contributed by atoms with Crippen molar-refractivity contribution in [2.75, 3.05) is 25.0 Å². The molecular weight excluding hydrogens is 186 g/mol. The van der Waals surface area contributed by atoms with Gasteiger partial charge in [-0.3, -0.25) is 4.79 Å². The number of aliphatic hydroxyl groups excluding tert-OH is 1. The van der Waals surface area contributed by atoms with Crippen molar-refractivity contribution in [3.8, 4) is 0 Å². The standard InChI is InChI=1S/C5H10BrNO2/c6-3-5(9)4-7-1-2-8/h7-8H,1-4H2. The van der Waals surface area contributed by atoms with E-state index in [0.717, 1.165) is 0 Å². The average Bonchev–Trinajstić information content (AvgIpc) is 1.89. The quantitative estimate of drug-likeness (QED) is 0.461. The van der Waals surface area contributed by atoms with Gasteiger partial charge < -0.3 is 10.4 Å². The summed E-state index contributed by atoms with van der Waals surface area (Å²) in [4.78, 5) is 10.5. The van der Waals surface area contributed by atoms with Crippen molar-refractivity contribution in [3.63, 3.8) is 0 Å². The molecule has 3 nitrogen and oxygen atoms in total. The number of alkyl halides is 1. The predicted molar refractivity (Wildman–Crippen MR) is 38.8 cm³/mol. The summed E-state index contributed by atoms with van der Waals surface area (Å²) >= 11 is 3.01. The molecule has 9 heavy (non-hydrogen) atoms. The Bertz CT molecular complexity index is 87.0. The Morgan fingerprint density at radius 2 is 2.33 bits per heavy atom. The molecule has 4 heteroatoms. The highest BCUT2D eigenvalue weighted by Crippen LogP contribution is 1.79. The molecule has 0 rings (SSSR count). The fraction of sp³-hybridized carbons (Fsp3) is 0.800. The second-order valence-electron chi connectivity index (χ2n) is 1.57. The fourth-order valence-electron chi connectivity index (χ4n) is 0.354. The van der Waals surface area contributed by atoms with E-state index < -0.39 is 0 Å². The summed E-state index contributed by atoms with van der Waals surface area (Å²) in [5.41, 5.74) is 0. The van der Waals surface area contributed by atoms with E-state index in [4.69, 9.17) is 5.11 Å². The lowest BCUT2D eigenvalue weighted by Gasteiger charge is -1.96. The summed E-state index contributed by atoms with van der Waals surface area (Å²) in [6.45, 7) is 0.903. The van der Waals surface area contributed by atoms with Gasteiger partial charge in [-0.15, -0.1) is 0 Å². The van der Waals surface area contributed by atoms with Gasteiger partial charge in [-0.25, -0.2) is 0 Å². The van der Waals surface area contributed by atoms with Gasteiger partial charge in [0.05, 0.1) is 18.5 Å². The number of ketones is 1. The minimum absolute atomic E-state index is 0.0789. The molecule has 0 atom stereocenters. The number of Topliss-reactive ketones (excluding diaryl/α,β-unsaturated/α-hetero) is 1. The summed E-state index contributed by atoms with van der Waals surface area (Å²) in [6, 6.07) is 0. The van der Waals surface area contributed by atoms with E-state index in [1.165, 1.54) is 0 Å². The van der Waals surface area contributed by atoms with E-state index in [1.807, 2.05) is 0 Å². The number of hydrogen-bond donors (Lipinski definition) is 2. The molecule has 0 radical (unpaired) electrons. The van der Waals surface area contributed by atoms with Crippen molar-refractivity contribution in [1.29, 1.82) is 0 Å². The van der Waals surface area contributed by atoms with Crippen LogP contribution in [-0.2, 0) is 4.79 Å². The van der Waals surface area contributed by atoms with Crippen LogP contribution in [0, 0.1) is 0 Å². The van der Waals surface area contributed by atoms with E-state index >= 15 is 0 Å². The molecule has 0 spiro atoms. The van der Waals surface area contributed by atoms with E-state index in [9.17, 15) is 4.79 Å². The zero-order chi connectivity index (χ0) is 7.11. The van der Waals surface area contributed by atoms with Crippen molar-refractivity contribution in [2.24, 2.45) is 0 Å². The van der Waals surface area contributed by atoms with Crippen LogP contribution in [0.1, 0.15) is 0 Å². The maximum Gasteiger partial charge on any atom is 0.157 e. The molecule has 0 aliphatic rings. The minimum atomic E-state index is 0.0789. The number of carbonyl (C=O) groups excluding carboxylic acids is 1. The van der Waals surface area contributed by atoms with E-state index in [1.54, 1.807) is 0 Å². The summed E-state index contributed by atoms with van der Waals surface area (Å²) in [5, 5.41) is 11.4. The van der Waals surface area contributed by atoms with E-state index in [0.29, 0.717) is 18.4 Å². The van der Waals surface area contributed by atoms with Gasteiger partial charge in [0.25, 0.3) is 0 Å². The zero-order valence-corrected chi connectivity index (χ0v) is 6.65. The molecule has 0 aromatic heterocycles. The van der Waals surface area contributed by atoms with Gasteiger partial charge in [0, 0.05) is 6.54 Å². The molecule has 0 saturated carbocycles. The Hall–Kier alpha value is 0.0700. The number of nitrogens with one attached hydrogen (secondary N) is 1. The van der Waals surface area contributed by atoms with Crippen LogP contribution in [0.4, 0.5) is 0 Å². The number of aliphatic hydroxyl groups is 1. The lowest BCUT2D eigenvalue weighted by Crippen LogP contribution is -2.26. The largest absolute Gasteiger partial charge is 0.395 e. The van der Waals surface area contributed by atoms with Crippen LogP contribution in [0.3, 0.4) is 0 Å². The molecule has 0 fully saturated rings. The Labute approximate surface area is 62.6 Å². The fourth-order valence-corrected chi connectivity index (χ4v) is 0.552. The van der Waals surface area contributed by atoms with Crippen molar-refractivity contribution in [2.45, 2.75) is 0 Å². The first kappa shape index (κ1) is 9.07. The van der Waals surface area contributed by atoms with Crippen molar-refractivity contribution >= 4 is 21.7 Å². The minimum Gasteiger partial charge on any atom is -0.395 e. The summed E-state index contributed by atoms with van der Waals surface area (Å²) in [6.07, 6.45) is 0. The molecular formula is C5H10BrNO2. The van der Waals surface area contributed by atoms with Gasteiger partial charge in [-0.1, -0.05) is 15.9 Å². The lowest BCUT2D eigenvalue weighted by atomic mass is 10.4. The van der Waals surface area contributed by atoms with Gasteiger partial charge >= 0.3 is 0 Å². The van der Waals surface area contributed by atoms with Crippen LogP contribution in [0.2, 0.25) is 0 Å². The number of hydrogen-bond acceptors (Lipinski definition) is 3. The predicted octanol–water partition coefficient (Wildman–Crippen LogP) is -0.468. The first-order valence-electron chi connectivity index (χ1n) is 2.70. The molecule has 0 aromatic carbocycles. The second kappa shape index (κ2) is 6.19. The van der Waals surface area contributed by atoms with Gasteiger partial charge in [-0.05, 0) is 0 Å². The smallest absolute Gasteiger partial charge is 0.157 e. The molecule has 0 aliphatic carbocycles. The van der Waals surface area contributed by atoms with Crippen molar-refractivity contribution in [1.82, 2.24) is 5.32 Å². The highest BCUT2D eigenvalue weighted by Gasteiger charge is 1.95. The van der Waals surface area contributed by atoms with E-state index in [-0.39, 0.29) is 12.4 Å². The molecule has 54 valence electrons. The van der Waals surface area contributed by atoms with Crippen LogP contribution in [0.5, 0.6) is 0 Å². The second-order valence-corrected chi connectivity index (χ2v) is 2.13. The Balaban J connectivity index is 2.97. The van der Waals surface area contributed by atoms with Crippen LogP contribution >= 0.6 is 15.9 Å². The van der Waals surface area contributed by atoms with Crippen LogP contribution in [0.15, 0.2) is 0 Å². The summed E-state index contributed by atoms with van der Waals surface area (Å²) < 4.78 is 0. The Kier molecular flexibility index (Phi) is 6.24. The monoisotopic (exact) mass is 195 g/mol. The molecule has 0 aromatic rings. The molecule has 0 saturated heterocycles. The number of carbonyl (C=O) groups is 1. The third kappa shape index (κ3) is 5.95. The van der Waals surface area contributed by atoms with Gasteiger partial charge in [0.2, 0.25) is 0 Å². The van der Waals surface area contributed by atoms with Crippen LogP contribution < -0.4 is 5.32 Å². The number of halogens is 1. The van der Waals surface area contributed by atoms with Crippen molar-refractivity contribution in [3.05, 3.63) is 0 Å². The first-order valence-corrected chi connectivity index (χ1v) is 3.82. The summed E-state index contributed by atoms with van der Waals surface area (Å²) in [5.74, 6) is 0.100. The van der Waals surface area contributed by atoms with E-state index in [2.05, 4.69) is 21.2 Å². The highest BCUT2D eigenvalue weighted by atomic mass is 79.9. The number of rotatable bonds is 5. The molecule has 0 amide bonds. The van der Waals surface area contributed by atoms with Crippen molar-refractivity contribution < 1.29 is 9.90 Å². The Morgan fingerprint density at radius 1 is 1.67 bits per heavy atom. The molecule has 0 aliphatic heterocycles. The topological polar surface area (TPSA) is 49.3 Å². The van der Waals surface area contributed by atoms with Gasteiger partial charge in [-0.2, -0.15) is 0 Å². The zero-order valence-electron chi connectivity index (χ0n) is 5.06. The van der Waals surface area contributed by atoms with Gasteiger partial charge in [0.15, 0.2) is 5.78 Å². The summed E-state index contributed by atoms with van der Waals surface area (Å²) in [7, 11) is 0. The third-order valence-electron chi connectivity index (χ3n) is 0.760. The first-order chi connectivity index (χ1) is 4.31. The molecule has 0 heterocycles. The highest BCUT2D eigenvalue weighted by molar-refractivity contribution is 9.09. The van der Waals surface area contributed by atoms with Crippen LogP contribution in [0.25, 0.3) is 0 Å². The molecule has 2 N–H and O–H groups in total. The maximum absolute atomic E-state index is 10.5. The SMILES string of the molecule is O=C(CBr)CNCCO. The third-order valence-corrected chi connectivity index (χ3v) is 1.39.